The average Bonchev–Trinajstić information content (AvgIpc) is 2.25. The zero-order chi connectivity index (χ0) is 15.6. The Balaban J connectivity index is 3.10. The van der Waals surface area contributed by atoms with Gasteiger partial charge in [0.25, 0.3) is 0 Å². The molecule has 0 spiro atoms. The number of aliphatic carboxylic acids is 1. The monoisotopic (exact) mass is 300 g/mol. The molecule has 1 aromatic heterocycles. The minimum absolute atomic E-state index is 0.194. The molecule has 0 amide bonds. The molecule has 0 fully saturated rings. The van der Waals surface area contributed by atoms with Crippen LogP contribution in [-0.2, 0) is 11.0 Å². The van der Waals surface area contributed by atoms with Crippen LogP contribution in [0.2, 0.25) is 0 Å². The van der Waals surface area contributed by atoms with E-state index in [0.29, 0.717) is 18.5 Å². The topological polar surface area (TPSA) is 62.2 Å². The van der Waals surface area contributed by atoms with Gasteiger partial charge in [0, 0.05) is 6.20 Å². The number of anilines is 1. The summed E-state index contributed by atoms with van der Waals surface area (Å²) in [5, 5.41) is 9.85. The van der Waals surface area contributed by atoms with Crippen LogP contribution >= 0.6 is 0 Å². The van der Waals surface area contributed by atoms with E-state index in [1.807, 2.05) is 0 Å². The molecule has 0 aromatic carbocycles. The van der Waals surface area contributed by atoms with Gasteiger partial charge in [0.15, 0.2) is 0 Å². The predicted molar refractivity (Wildman–Crippen MR) is 54.6 cm³/mol. The maximum absolute atomic E-state index is 12.5. The number of pyridine rings is 1. The number of nitrogens with one attached hydrogen (secondary N) is 1. The smallest absolute Gasteiger partial charge is 0.431 e. The van der Waals surface area contributed by atoms with Gasteiger partial charge in [-0.3, -0.25) is 4.98 Å². The van der Waals surface area contributed by atoms with Gasteiger partial charge in [-0.05, 0) is 6.07 Å². The number of allylic oxidation sites excluding steroid dienone is 1. The van der Waals surface area contributed by atoms with Crippen LogP contribution in [0.3, 0.4) is 0 Å². The van der Waals surface area contributed by atoms with E-state index in [1.54, 1.807) is 5.32 Å². The number of hydrogen-bond acceptors (Lipinski definition) is 3. The number of hydrogen-bond donors (Lipinski definition) is 2. The van der Waals surface area contributed by atoms with Crippen LogP contribution in [0, 0.1) is 0 Å². The molecular weight excluding hydrogens is 294 g/mol. The Kier molecular flexibility index (Phi) is 4.26. The van der Waals surface area contributed by atoms with Crippen molar-refractivity contribution >= 4 is 11.7 Å². The van der Waals surface area contributed by atoms with Gasteiger partial charge in [-0.1, -0.05) is 0 Å². The molecule has 2 N–H and O–H groups in total. The Morgan fingerprint density at radius 1 is 1.20 bits per heavy atom. The lowest BCUT2D eigenvalue weighted by molar-refractivity contribution is -0.137. The molecule has 20 heavy (non-hydrogen) atoms. The van der Waals surface area contributed by atoms with E-state index in [0.717, 1.165) is 0 Å². The number of rotatable bonds is 3. The lowest BCUT2D eigenvalue weighted by Gasteiger charge is -2.14. The summed E-state index contributed by atoms with van der Waals surface area (Å²) in [7, 11) is 0. The van der Waals surface area contributed by atoms with Crippen LogP contribution in [0.4, 0.5) is 32.0 Å². The summed E-state index contributed by atoms with van der Waals surface area (Å²) >= 11 is 0. The van der Waals surface area contributed by atoms with E-state index in [2.05, 4.69) is 4.98 Å². The third-order valence-corrected chi connectivity index (χ3v) is 1.92. The fourth-order valence-electron chi connectivity index (χ4n) is 1.13. The summed E-state index contributed by atoms with van der Waals surface area (Å²) in [5.74, 6) is -1.90. The molecule has 0 radical (unpaired) electrons. The maximum atomic E-state index is 12.5. The first-order valence-corrected chi connectivity index (χ1v) is 4.81. The van der Waals surface area contributed by atoms with Gasteiger partial charge < -0.3 is 10.4 Å². The molecule has 0 aliphatic carbocycles. The standard InChI is InChI=1S/C10H6F6N2O2/c11-9(12,13)5-1-6(4-17-3-5)18-7(2-8(19)20)10(14,15)16/h1-4,18H,(H,19,20). The normalized spacial score (nSPS) is 13.2. The van der Waals surface area contributed by atoms with Gasteiger partial charge in [-0.2, -0.15) is 26.3 Å². The third kappa shape index (κ3) is 4.44. The van der Waals surface area contributed by atoms with Crippen molar-refractivity contribution < 1.29 is 36.2 Å². The quantitative estimate of drug-likeness (QED) is 0.665. The second kappa shape index (κ2) is 5.39. The van der Waals surface area contributed by atoms with E-state index in [-0.39, 0.29) is 6.08 Å². The Morgan fingerprint density at radius 3 is 2.25 bits per heavy atom. The lowest BCUT2D eigenvalue weighted by Crippen LogP contribution is -2.21. The second-order valence-electron chi connectivity index (χ2n) is 3.48. The van der Waals surface area contributed by atoms with Crippen molar-refractivity contribution in [3.05, 3.63) is 35.8 Å². The first-order chi connectivity index (χ1) is 9.00. The Bertz CT molecular complexity index is 535. The van der Waals surface area contributed by atoms with Crippen molar-refractivity contribution in [1.29, 1.82) is 0 Å². The predicted octanol–water partition coefficient (Wildman–Crippen LogP) is 3.04. The molecule has 1 rings (SSSR count). The molecule has 1 heterocycles. The van der Waals surface area contributed by atoms with Gasteiger partial charge >= 0.3 is 18.3 Å². The van der Waals surface area contributed by atoms with Gasteiger partial charge in [0.2, 0.25) is 0 Å². The van der Waals surface area contributed by atoms with Gasteiger partial charge in [-0.15, -0.1) is 0 Å². The van der Waals surface area contributed by atoms with Crippen molar-refractivity contribution in [2.24, 2.45) is 0 Å². The average molecular weight is 300 g/mol. The first-order valence-electron chi connectivity index (χ1n) is 4.81. The number of nitrogens with zero attached hydrogens (tertiary/aromatic N) is 1. The van der Waals surface area contributed by atoms with Crippen LogP contribution in [-0.4, -0.2) is 22.2 Å². The van der Waals surface area contributed by atoms with Crippen molar-refractivity contribution in [3.8, 4) is 0 Å². The lowest BCUT2D eigenvalue weighted by atomic mass is 10.2. The summed E-state index contributed by atoms with van der Waals surface area (Å²) in [5.41, 5.74) is -3.62. The maximum Gasteiger partial charge on any atom is 0.431 e. The van der Waals surface area contributed by atoms with Crippen molar-refractivity contribution in [1.82, 2.24) is 4.98 Å². The molecule has 1 aromatic rings. The number of carboxylic acid groups (broad SMARTS) is 1. The Hall–Kier alpha value is -2.26. The molecule has 0 aliphatic heterocycles. The Labute approximate surface area is 107 Å². The van der Waals surface area contributed by atoms with Crippen LogP contribution in [0.1, 0.15) is 5.56 Å². The highest BCUT2D eigenvalue weighted by Crippen LogP contribution is 2.32. The van der Waals surface area contributed by atoms with Crippen LogP contribution in [0.25, 0.3) is 0 Å². The van der Waals surface area contributed by atoms with Crippen LogP contribution < -0.4 is 5.32 Å². The van der Waals surface area contributed by atoms with Crippen LogP contribution in [0.15, 0.2) is 30.2 Å². The third-order valence-electron chi connectivity index (χ3n) is 1.92. The minimum Gasteiger partial charge on any atom is -0.478 e. The van der Waals surface area contributed by atoms with E-state index in [9.17, 15) is 31.1 Å². The molecule has 4 nitrogen and oxygen atoms in total. The summed E-state index contributed by atoms with van der Waals surface area (Å²) in [6.45, 7) is 0. The Morgan fingerprint density at radius 2 is 1.80 bits per heavy atom. The summed E-state index contributed by atoms with van der Waals surface area (Å²) in [6.07, 6.45) is -8.90. The largest absolute Gasteiger partial charge is 0.478 e. The van der Waals surface area contributed by atoms with Crippen molar-refractivity contribution in [3.63, 3.8) is 0 Å². The zero-order valence-electron chi connectivity index (χ0n) is 9.38. The summed E-state index contributed by atoms with van der Waals surface area (Å²) in [4.78, 5) is 13.4. The summed E-state index contributed by atoms with van der Waals surface area (Å²) < 4.78 is 74.4. The number of halogens is 6. The molecule has 0 saturated heterocycles. The van der Waals surface area contributed by atoms with Gasteiger partial charge in [0.05, 0.1) is 23.5 Å². The molecule has 0 aliphatic rings. The molecule has 0 bridgehead atoms. The van der Waals surface area contributed by atoms with E-state index in [4.69, 9.17) is 5.11 Å². The van der Waals surface area contributed by atoms with Crippen molar-refractivity contribution in [2.75, 3.05) is 5.32 Å². The fourth-order valence-corrected chi connectivity index (χ4v) is 1.13. The van der Waals surface area contributed by atoms with E-state index in [1.165, 1.54) is 0 Å². The zero-order valence-corrected chi connectivity index (χ0v) is 9.38. The minimum atomic E-state index is -5.06. The number of aromatic nitrogens is 1. The highest BCUT2D eigenvalue weighted by atomic mass is 19.4. The molecule has 0 atom stereocenters. The highest BCUT2D eigenvalue weighted by molar-refractivity contribution is 5.81. The van der Waals surface area contributed by atoms with E-state index < -0.39 is 35.3 Å². The second-order valence-corrected chi connectivity index (χ2v) is 3.48. The number of alkyl halides is 6. The molecule has 0 unspecified atom stereocenters. The first kappa shape index (κ1) is 15.8. The molecular formula is C10H6F6N2O2. The molecule has 10 heteroatoms. The SMILES string of the molecule is O=C(O)C=C(Nc1cncc(C(F)(F)F)c1)C(F)(F)F. The molecule has 110 valence electrons. The van der Waals surface area contributed by atoms with Crippen molar-refractivity contribution in [2.45, 2.75) is 12.4 Å². The number of carbonyl (C=O) groups is 1. The van der Waals surface area contributed by atoms with Gasteiger partial charge in [0.1, 0.15) is 5.70 Å². The number of carboxylic acids is 1. The highest BCUT2D eigenvalue weighted by Gasteiger charge is 2.36. The summed E-state index contributed by atoms with van der Waals surface area (Å²) in [6, 6.07) is 0.383. The van der Waals surface area contributed by atoms with Gasteiger partial charge in [-0.25, -0.2) is 4.79 Å². The van der Waals surface area contributed by atoms with Crippen LogP contribution in [0.5, 0.6) is 0 Å². The van der Waals surface area contributed by atoms with E-state index >= 15 is 0 Å². The molecule has 0 saturated carbocycles. The fraction of sp³-hybridized carbons (Fsp3) is 0.200.